The van der Waals surface area contributed by atoms with Crippen LogP contribution in [-0.4, -0.2) is 18.5 Å². The minimum atomic E-state index is -1.02. The van der Waals surface area contributed by atoms with Gasteiger partial charge in [-0.3, -0.25) is 4.79 Å². The third-order valence-corrected chi connectivity index (χ3v) is 1.94. The second kappa shape index (κ2) is 6.48. The normalized spacial score (nSPS) is 11.4. The molecule has 0 aliphatic rings. The van der Waals surface area contributed by atoms with E-state index in [9.17, 15) is 9.59 Å². The first kappa shape index (κ1) is 13.0. The summed E-state index contributed by atoms with van der Waals surface area (Å²) in [6.45, 7) is 4.77. The Hall–Kier alpha value is -2.10. The van der Waals surface area contributed by atoms with E-state index in [1.54, 1.807) is 24.3 Å². The molecule has 0 spiro atoms. The number of hydrogen-bond donors (Lipinski definition) is 0. The molecule has 90 valence electrons. The lowest BCUT2D eigenvalue weighted by atomic mass is 10.1. The minimum Gasteiger partial charge on any atom is -0.458 e. The van der Waals surface area contributed by atoms with Gasteiger partial charge in [0, 0.05) is 12.5 Å². The van der Waals surface area contributed by atoms with E-state index in [1.807, 2.05) is 6.07 Å². The molecule has 4 nitrogen and oxygen atoms in total. The molecule has 1 atom stereocenters. The Morgan fingerprint density at radius 3 is 2.53 bits per heavy atom. The number of carbonyl (C=O) groups is 2. The molecule has 0 saturated carbocycles. The van der Waals surface area contributed by atoms with Crippen LogP contribution in [0.4, 0.5) is 0 Å². The molecule has 17 heavy (non-hydrogen) atoms. The molecular weight excluding hydrogens is 220 g/mol. The van der Waals surface area contributed by atoms with Crippen molar-refractivity contribution in [1.82, 2.24) is 0 Å². The first-order chi connectivity index (χ1) is 8.15. The Labute approximate surface area is 99.8 Å². The highest BCUT2D eigenvalue weighted by atomic mass is 16.6. The fourth-order valence-electron chi connectivity index (χ4n) is 1.26. The molecule has 0 bridgehead atoms. The smallest absolute Gasteiger partial charge is 0.352 e. The summed E-state index contributed by atoms with van der Waals surface area (Å²) in [5, 5.41) is 0. The van der Waals surface area contributed by atoms with Gasteiger partial charge in [0.25, 0.3) is 0 Å². The molecule has 0 radical (unpaired) electrons. The van der Waals surface area contributed by atoms with E-state index in [4.69, 9.17) is 9.47 Å². The maximum atomic E-state index is 11.7. The largest absolute Gasteiger partial charge is 0.458 e. The molecular formula is C13H14O4. The third-order valence-electron chi connectivity index (χ3n) is 1.94. The fraction of sp³-hybridized carbons (Fsp3) is 0.231. The van der Waals surface area contributed by atoms with E-state index < -0.39 is 18.0 Å². The monoisotopic (exact) mass is 234 g/mol. The number of carbonyl (C=O) groups excluding carboxylic acids is 2. The summed E-state index contributed by atoms with van der Waals surface area (Å²) in [6, 6.07) is 8.72. The summed E-state index contributed by atoms with van der Waals surface area (Å²) >= 11 is 0. The molecule has 0 saturated heterocycles. The van der Waals surface area contributed by atoms with E-state index in [-0.39, 0.29) is 6.61 Å². The molecule has 0 aliphatic carbocycles. The Morgan fingerprint density at radius 1 is 1.35 bits per heavy atom. The maximum Gasteiger partial charge on any atom is 0.352 e. The van der Waals surface area contributed by atoms with Gasteiger partial charge in [-0.05, 0) is 0 Å². The van der Waals surface area contributed by atoms with Crippen molar-refractivity contribution in [1.29, 1.82) is 0 Å². The Morgan fingerprint density at radius 2 is 2.00 bits per heavy atom. The first-order valence-electron chi connectivity index (χ1n) is 5.15. The van der Waals surface area contributed by atoms with Crippen LogP contribution < -0.4 is 0 Å². The van der Waals surface area contributed by atoms with Crippen molar-refractivity contribution in [2.24, 2.45) is 0 Å². The highest BCUT2D eigenvalue weighted by Gasteiger charge is 2.24. The van der Waals surface area contributed by atoms with E-state index in [0.717, 1.165) is 0 Å². The lowest BCUT2D eigenvalue weighted by Crippen LogP contribution is -2.21. The predicted octanol–water partition coefficient (Wildman–Crippen LogP) is 2.02. The average molecular weight is 234 g/mol. The molecule has 1 aromatic carbocycles. The number of benzene rings is 1. The zero-order valence-electron chi connectivity index (χ0n) is 9.59. The topological polar surface area (TPSA) is 52.6 Å². The van der Waals surface area contributed by atoms with Crippen LogP contribution in [0.1, 0.15) is 18.6 Å². The van der Waals surface area contributed by atoms with Crippen molar-refractivity contribution in [3.8, 4) is 0 Å². The fourth-order valence-corrected chi connectivity index (χ4v) is 1.26. The van der Waals surface area contributed by atoms with Crippen molar-refractivity contribution in [3.63, 3.8) is 0 Å². The van der Waals surface area contributed by atoms with Crippen LogP contribution in [0.25, 0.3) is 0 Å². The molecule has 1 unspecified atom stereocenters. The molecule has 0 amide bonds. The zero-order valence-corrected chi connectivity index (χ0v) is 9.59. The van der Waals surface area contributed by atoms with Crippen LogP contribution in [0.2, 0.25) is 0 Å². The zero-order chi connectivity index (χ0) is 12.7. The van der Waals surface area contributed by atoms with Gasteiger partial charge in [-0.1, -0.05) is 43.0 Å². The summed E-state index contributed by atoms with van der Waals surface area (Å²) < 4.78 is 9.82. The number of hydrogen-bond acceptors (Lipinski definition) is 4. The Kier molecular flexibility index (Phi) is 4.94. The van der Waals surface area contributed by atoms with Crippen molar-refractivity contribution >= 4 is 11.9 Å². The molecule has 0 aliphatic heterocycles. The van der Waals surface area contributed by atoms with Gasteiger partial charge in [-0.15, -0.1) is 0 Å². The van der Waals surface area contributed by atoms with E-state index in [2.05, 4.69) is 6.58 Å². The average Bonchev–Trinajstić information content (AvgIpc) is 2.34. The molecule has 0 N–H and O–H groups in total. The highest BCUT2D eigenvalue weighted by molar-refractivity contribution is 5.80. The highest BCUT2D eigenvalue weighted by Crippen LogP contribution is 2.19. The maximum absolute atomic E-state index is 11.7. The summed E-state index contributed by atoms with van der Waals surface area (Å²) in [6.07, 6.45) is 0.432. The predicted molar refractivity (Wildman–Crippen MR) is 62.1 cm³/mol. The van der Waals surface area contributed by atoms with Gasteiger partial charge in [-0.25, -0.2) is 4.79 Å². The molecule has 1 rings (SSSR count). The summed E-state index contributed by atoms with van der Waals surface area (Å²) in [4.78, 5) is 22.6. The minimum absolute atomic E-state index is 0.0867. The van der Waals surface area contributed by atoms with Crippen LogP contribution >= 0.6 is 0 Å². The van der Waals surface area contributed by atoms with E-state index in [1.165, 1.54) is 13.0 Å². The van der Waals surface area contributed by atoms with Gasteiger partial charge in [0.05, 0.1) is 0 Å². The van der Waals surface area contributed by atoms with Gasteiger partial charge >= 0.3 is 11.9 Å². The van der Waals surface area contributed by atoms with Gasteiger partial charge in [0.15, 0.2) is 0 Å². The third kappa shape index (κ3) is 4.10. The van der Waals surface area contributed by atoms with Crippen molar-refractivity contribution in [3.05, 3.63) is 48.6 Å². The van der Waals surface area contributed by atoms with Gasteiger partial charge in [0.1, 0.15) is 6.61 Å². The number of ether oxygens (including phenoxy) is 2. The number of esters is 2. The second-order valence-corrected chi connectivity index (χ2v) is 3.32. The first-order valence-corrected chi connectivity index (χ1v) is 5.15. The summed E-state index contributed by atoms with van der Waals surface area (Å²) in [5.41, 5.74) is 0.580. The van der Waals surface area contributed by atoms with Crippen LogP contribution in [-0.2, 0) is 19.1 Å². The van der Waals surface area contributed by atoms with E-state index in [0.29, 0.717) is 5.56 Å². The van der Waals surface area contributed by atoms with Gasteiger partial charge in [-0.2, -0.15) is 0 Å². The van der Waals surface area contributed by atoms with Crippen LogP contribution in [0, 0.1) is 0 Å². The Bertz CT molecular complexity index is 397. The Balaban J connectivity index is 2.84. The van der Waals surface area contributed by atoms with Crippen LogP contribution in [0.5, 0.6) is 0 Å². The SMILES string of the molecule is C=CCOC(=O)C(OC(C)=O)c1ccccc1. The van der Waals surface area contributed by atoms with Crippen molar-refractivity contribution < 1.29 is 19.1 Å². The molecule has 0 aromatic heterocycles. The summed E-state index contributed by atoms with van der Waals surface area (Å²) in [7, 11) is 0. The lowest BCUT2D eigenvalue weighted by molar-refractivity contribution is -0.166. The molecule has 4 heteroatoms. The quantitative estimate of drug-likeness (QED) is 0.577. The molecule has 1 aromatic rings. The number of rotatable bonds is 5. The van der Waals surface area contributed by atoms with Gasteiger partial charge in [0.2, 0.25) is 6.10 Å². The lowest BCUT2D eigenvalue weighted by Gasteiger charge is -2.15. The van der Waals surface area contributed by atoms with Crippen molar-refractivity contribution in [2.75, 3.05) is 6.61 Å². The molecule has 0 heterocycles. The molecule has 0 fully saturated rings. The van der Waals surface area contributed by atoms with E-state index >= 15 is 0 Å². The van der Waals surface area contributed by atoms with Crippen molar-refractivity contribution in [2.45, 2.75) is 13.0 Å². The summed E-state index contributed by atoms with van der Waals surface area (Å²) in [5.74, 6) is -1.14. The van der Waals surface area contributed by atoms with Crippen LogP contribution in [0.3, 0.4) is 0 Å². The van der Waals surface area contributed by atoms with Gasteiger partial charge < -0.3 is 9.47 Å². The standard InChI is InChI=1S/C13H14O4/c1-3-9-16-13(15)12(17-10(2)14)11-7-5-4-6-8-11/h3-8,12H,1,9H2,2H3. The second-order valence-electron chi connectivity index (χ2n) is 3.32. The van der Waals surface area contributed by atoms with Crippen LogP contribution in [0.15, 0.2) is 43.0 Å².